The number of amides is 2. The van der Waals surface area contributed by atoms with Crippen LogP contribution in [0.5, 0.6) is 0 Å². The summed E-state index contributed by atoms with van der Waals surface area (Å²) in [6, 6.07) is 21.7. The van der Waals surface area contributed by atoms with Crippen LogP contribution < -0.4 is 10.2 Å². The molecule has 2 aliphatic heterocycles. The SMILES string of the molecule is COC(=O)[C@]1(c2ccccc2)N[C@H](c2ccccc2Cl)[C@H]2C(=O)N(c3ccc(Cl)cc3)C(=O)[C@@H]21. The van der Waals surface area contributed by atoms with Crippen LogP contribution in [-0.2, 0) is 24.7 Å². The number of hydrogen-bond donors (Lipinski definition) is 1. The summed E-state index contributed by atoms with van der Waals surface area (Å²) in [5.74, 6) is -3.50. The van der Waals surface area contributed by atoms with E-state index in [0.29, 0.717) is 26.9 Å². The van der Waals surface area contributed by atoms with Gasteiger partial charge in [-0.25, -0.2) is 9.69 Å². The third-order valence-electron chi connectivity index (χ3n) is 6.62. The maximum Gasteiger partial charge on any atom is 0.331 e. The first-order valence-corrected chi connectivity index (χ1v) is 11.4. The molecule has 0 bridgehead atoms. The number of halogens is 2. The van der Waals surface area contributed by atoms with Crippen molar-refractivity contribution in [3.05, 3.63) is 100 Å². The van der Waals surface area contributed by atoms with E-state index in [1.54, 1.807) is 72.8 Å². The van der Waals surface area contributed by atoms with Gasteiger partial charge in [0.25, 0.3) is 0 Å². The number of nitrogens with zero attached hydrogens (tertiary/aromatic N) is 1. The van der Waals surface area contributed by atoms with E-state index in [1.807, 2.05) is 6.07 Å². The van der Waals surface area contributed by atoms with E-state index in [1.165, 1.54) is 7.11 Å². The van der Waals surface area contributed by atoms with Gasteiger partial charge in [0, 0.05) is 16.1 Å². The van der Waals surface area contributed by atoms with Crippen molar-refractivity contribution in [3.8, 4) is 0 Å². The molecule has 6 nitrogen and oxygen atoms in total. The lowest BCUT2D eigenvalue weighted by molar-refractivity contribution is -0.152. The van der Waals surface area contributed by atoms with Crippen LogP contribution in [0.3, 0.4) is 0 Å². The second-order valence-electron chi connectivity index (χ2n) is 8.30. The minimum absolute atomic E-state index is 0.388. The number of rotatable bonds is 4. The molecule has 4 atom stereocenters. The van der Waals surface area contributed by atoms with Crippen molar-refractivity contribution in [2.75, 3.05) is 12.0 Å². The van der Waals surface area contributed by atoms with Crippen LogP contribution in [0.1, 0.15) is 17.2 Å². The molecule has 0 aromatic heterocycles. The highest BCUT2D eigenvalue weighted by Gasteiger charge is 2.69. The summed E-state index contributed by atoms with van der Waals surface area (Å²) in [6.45, 7) is 0. The van der Waals surface area contributed by atoms with Gasteiger partial charge < -0.3 is 4.74 Å². The fraction of sp³-hybridized carbons (Fsp3) is 0.192. The Bertz CT molecular complexity index is 1280. The molecule has 3 aromatic carbocycles. The molecule has 2 fully saturated rings. The highest BCUT2D eigenvalue weighted by Crippen LogP contribution is 2.54. The first kappa shape index (κ1) is 22.6. The van der Waals surface area contributed by atoms with E-state index in [9.17, 15) is 14.4 Å². The van der Waals surface area contributed by atoms with Gasteiger partial charge in [-0.15, -0.1) is 0 Å². The van der Waals surface area contributed by atoms with Gasteiger partial charge in [-0.1, -0.05) is 71.7 Å². The number of carbonyl (C=O) groups excluding carboxylic acids is 3. The van der Waals surface area contributed by atoms with Crippen molar-refractivity contribution < 1.29 is 19.1 Å². The highest BCUT2D eigenvalue weighted by atomic mass is 35.5. The zero-order valence-corrected chi connectivity index (χ0v) is 19.6. The van der Waals surface area contributed by atoms with Crippen LogP contribution in [0.4, 0.5) is 5.69 Å². The second kappa shape index (κ2) is 8.55. The Morgan fingerprint density at radius 2 is 1.56 bits per heavy atom. The average molecular weight is 495 g/mol. The van der Waals surface area contributed by atoms with Crippen LogP contribution in [0.15, 0.2) is 78.9 Å². The number of ether oxygens (including phenoxy) is 1. The van der Waals surface area contributed by atoms with E-state index in [4.69, 9.17) is 27.9 Å². The first-order chi connectivity index (χ1) is 16.4. The van der Waals surface area contributed by atoms with Gasteiger partial charge in [0.1, 0.15) is 0 Å². The molecule has 2 aliphatic rings. The van der Waals surface area contributed by atoms with E-state index in [-0.39, 0.29) is 0 Å². The second-order valence-corrected chi connectivity index (χ2v) is 9.14. The number of benzene rings is 3. The molecule has 2 heterocycles. The summed E-state index contributed by atoms with van der Waals surface area (Å²) in [5, 5.41) is 4.23. The lowest BCUT2D eigenvalue weighted by Crippen LogP contribution is -2.53. The third kappa shape index (κ3) is 3.25. The molecule has 3 aromatic rings. The molecular formula is C26H20Cl2N2O4. The van der Waals surface area contributed by atoms with Crippen molar-refractivity contribution in [2.45, 2.75) is 11.6 Å². The van der Waals surface area contributed by atoms with Crippen molar-refractivity contribution in [1.82, 2.24) is 5.32 Å². The number of nitrogens with one attached hydrogen (secondary N) is 1. The van der Waals surface area contributed by atoms with Crippen LogP contribution in [0.2, 0.25) is 10.0 Å². The van der Waals surface area contributed by atoms with Crippen LogP contribution in [0, 0.1) is 11.8 Å². The van der Waals surface area contributed by atoms with Crippen LogP contribution in [0.25, 0.3) is 0 Å². The minimum atomic E-state index is -1.58. The molecule has 5 rings (SSSR count). The Morgan fingerprint density at radius 3 is 2.21 bits per heavy atom. The summed E-state index contributed by atoms with van der Waals surface area (Å²) in [5.41, 5.74) is -0.0395. The van der Waals surface area contributed by atoms with Gasteiger partial charge in [0.15, 0.2) is 5.54 Å². The van der Waals surface area contributed by atoms with Gasteiger partial charge in [-0.05, 0) is 41.5 Å². The van der Waals surface area contributed by atoms with Crippen LogP contribution in [-0.4, -0.2) is 24.9 Å². The number of hydrogen-bond acceptors (Lipinski definition) is 5. The highest BCUT2D eigenvalue weighted by molar-refractivity contribution is 6.32. The fourth-order valence-corrected chi connectivity index (χ4v) is 5.56. The predicted octanol–water partition coefficient (Wildman–Crippen LogP) is 4.51. The normalized spacial score (nSPS) is 26.0. The number of anilines is 1. The molecule has 34 heavy (non-hydrogen) atoms. The molecule has 0 aliphatic carbocycles. The molecule has 2 amide bonds. The standard InChI is InChI=1S/C26H20Cl2N2O4/c1-34-25(33)26(15-7-3-2-4-8-15)21-20(22(29-26)18-9-5-6-10-19(18)28)23(31)30(24(21)32)17-13-11-16(27)12-14-17/h2-14,20-22,29H,1H3/t20-,21+,22+,26+/m0/s1. The molecular weight excluding hydrogens is 475 g/mol. The Labute approximate surface area is 206 Å². The summed E-state index contributed by atoms with van der Waals surface area (Å²) < 4.78 is 5.22. The Kier molecular flexibility index (Phi) is 5.68. The number of esters is 1. The molecule has 0 spiro atoms. The maximum absolute atomic E-state index is 13.9. The monoisotopic (exact) mass is 494 g/mol. The topological polar surface area (TPSA) is 75.7 Å². The van der Waals surface area contributed by atoms with Crippen molar-refractivity contribution in [3.63, 3.8) is 0 Å². The fourth-order valence-electron chi connectivity index (χ4n) is 5.18. The average Bonchev–Trinajstić information content (AvgIpc) is 3.34. The van der Waals surface area contributed by atoms with Crippen molar-refractivity contribution >= 4 is 46.7 Å². The van der Waals surface area contributed by atoms with Gasteiger partial charge in [-0.3, -0.25) is 14.9 Å². The maximum atomic E-state index is 13.9. The summed E-state index contributed by atoms with van der Waals surface area (Å²) >= 11 is 12.5. The third-order valence-corrected chi connectivity index (χ3v) is 7.22. The van der Waals surface area contributed by atoms with Gasteiger partial charge >= 0.3 is 5.97 Å². The molecule has 8 heteroatoms. The van der Waals surface area contributed by atoms with E-state index >= 15 is 0 Å². The van der Waals surface area contributed by atoms with Crippen molar-refractivity contribution in [1.29, 1.82) is 0 Å². The predicted molar refractivity (Wildman–Crippen MR) is 128 cm³/mol. The van der Waals surface area contributed by atoms with Gasteiger partial charge in [0.05, 0.1) is 24.6 Å². The van der Waals surface area contributed by atoms with E-state index in [2.05, 4.69) is 5.32 Å². The number of methoxy groups -OCH3 is 1. The lowest BCUT2D eigenvalue weighted by atomic mass is 9.75. The zero-order chi connectivity index (χ0) is 24.0. The summed E-state index contributed by atoms with van der Waals surface area (Å²) in [4.78, 5) is 42.4. The molecule has 172 valence electrons. The molecule has 0 unspecified atom stereocenters. The smallest absolute Gasteiger partial charge is 0.331 e. The quantitative estimate of drug-likeness (QED) is 0.426. The summed E-state index contributed by atoms with van der Waals surface area (Å²) in [7, 11) is 1.27. The number of carbonyl (C=O) groups is 3. The number of fused-ring (bicyclic) bond motifs is 1. The Morgan fingerprint density at radius 1 is 0.912 bits per heavy atom. The molecule has 0 saturated carbocycles. The largest absolute Gasteiger partial charge is 0.467 e. The van der Waals surface area contributed by atoms with Gasteiger partial charge in [-0.2, -0.15) is 0 Å². The van der Waals surface area contributed by atoms with E-state index in [0.717, 1.165) is 4.90 Å². The van der Waals surface area contributed by atoms with E-state index < -0.39 is 41.2 Å². The molecule has 2 saturated heterocycles. The molecule has 0 radical (unpaired) electrons. The van der Waals surface area contributed by atoms with Crippen molar-refractivity contribution in [2.24, 2.45) is 11.8 Å². The minimum Gasteiger partial charge on any atom is -0.467 e. The Balaban J connectivity index is 1.74. The zero-order valence-electron chi connectivity index (χ0n) is 18.1. The first-order valence-electron chi connectivity index (χ1n) is 10.7. The Hall–Kier alpha value is -3.19. The lowest BCUT2D eigenvalue weighted by Gasteiger charge is -2.33. The summed E-state index contributed by atoms with van der Waals surface area (Å²) in [6.07, 6.45) is 0. The molecule has 1 N–H and O–H groups in total. The van der Waals surface area contributed by atoms with Crippen LogP contribution >= 0.6 is 23.2 Å². The van der Waals surface area contributed by atoms with Gasteiger partial charge in [0.2, 0.25) is 11.8 Å². The number of imide groups is 1.